The number of benzene rings is 1. The minimum absolute atomic E-state index is 0.233. The van der Waals surface area contributed by atoms with Gasteiger partial charge in [-0.3, -0.25) is 4.79 Å². The number of hydrogen-bond acceptors (Lipinski definition) is 3. The molecule has 0 fully saturated rings. The van der Waals surface area contributed by atoms with Crippen molar-refractivity contribution in [3.05, 3.63) is 58.6 Å². The lowest BCUT2D eigenvalue weighted by Gasteiger charge is -2.13. The van der Waals surface area contributed by atoms with Crippen LogP contribution in [0, 0.1) is 0 Å². The number of amides is 1. The molecule has 6 heteroatoms. The average molecular weight is 349 g/mol. The van der Waals surface area contributed by atoms with Crippen LogP contribution in [0.5, 0.6) is 0 Å². The Morgan fingerprint density at radius 2 is 2.24 bits per heavy atom. The first kappa shape index (κ1) is 13.9. The smallest absolute Gasteiger partial charge is 0.254 e. The zero-order valence-corrected chi connectivity index (χ0v) is 12.6. The first-order valence-electron chi connectivity index (χ1n) is 6.41. The normalized spacial score (nSPS) is 12.5. The molecule has 3 rings (SSSR count). The van der Waals surface area contributed by atoms with Crippen LogP contribution in [0.1, 0.15) is 22.2 Å². The fourth-order valence-electron chi connectivity index (χ4n) is 2.25. The first-order chi connectivity index (χ1) is 10.2. The lowest BCUT2D eigenvalue weighted by molar-refractivity contribution is 0.0909. The van der Waals surface area contributed by atoms with E-state index in [4.69, 9.17) is 4.42 Å². The van der Waals surface area contributed by atoms with Crippen LogP contribution in [0.4, 0.5) is 0 Å². The number of fused-ring (bicyclic) bond motifs is 1. The van der Waals surface area contributed by atoms with E-state index in [0.717, 1.165) is 15.4 Å². The van der Waals surface area contributed by atoms with Gasteiger partial charge in [-0.15, -0.1) is 0 Å². The van der Waals surface area contributed by atoms with Gasteiger partial charge in [0.15, 0.2) is 0 Å². The number of furan rings is 1. The highest BCUT2D eigenvalue weighted by Gasteiger charge is 2.20. The quantitative estimate of drug-likeness (QED) is 0.678. The molecule has 0 aliphatic carbocycles. The maximum absolute atomic E-state index is 12.4. The van der Waals surface area contributed by atoms with Crippen LogP contribution in [0.2, 0.25) is 0 Å². The van der Waals surface area contributed by atoms with Crippen LogP contribution in [-0.4, -0.2) is 22.6 Å². The Labute approximate surface area is 129 Å². The number of carbonyl (C=O) groups excluding carboxylic acids is 1. The van der Waals surface area contributed by atoms with Crippen LogP contribution < -0.4 is 5.32 Å². The van der Waals surface area contributed by atoms with Crippen LogP contribution in [0.15, 0.2) is 51.7 Å². The van der Waals surface area contributed by atoms with Crippen molar-refractivity contribution in [3.63, 3.8) is 0 Å². The topological polar surface area (TPSA) is 78.3 Å². The number of hydrogen-bond donors (Lipinski definition) is 3. The van der Waals surface area contributed by atoms with E-state index < -0.39 is 6.04 Å². The summed E-state index contributed by atoms with van der Waals surface area (Å²) in [5.41, 5.74) is 1.38. The predicted octanol–water partition coefficient (Wildman–Crippen LogP) is 2.99. The second-order valence-corrected chi connectivity index (χ2v) is 5.44. The van der Waals surface area contributed by atoms with Gasteiger partial charge in [-0.05, 0) is 24.3 Å². The number of carbonyl (C=O) groups is 1. The van der Waals surface area contributed by atoms with Gasteiger partial charge in [0.25, 0.3) is 5.91 Å². The molecule has 21 heavy (non-hydrogen) atoms. The van der Waals surface area contributed by atoms with Gasteiger partial charge in [-0.25, -0.2) is 0 Å². The van der Waals surface area contributed by atoms with Crippen molar-refractivity contribution in [3.8, 4) is 0 Å². The van der Waals surface area contributed by atoms with Crippen LogP contribution >= 0.6 is 15.9 Å². The number of aromatic amines is 1. The summed E-state index contributed by atoms with van der Waals surface area (Å²) in [4.78, 5) is 15.5. The molecule has 2 heterocycles. The van der Waals surface area contributed by atoms with Gasteiger partial charge in [-0.1, -0.05) is 22.0 Å². The Balaban J connectivity index is 1.90. The third kappa shape index (κ3) is 2.59. The molecule has 1 atom stereocenters. The molecular weight excluding hydrogens is 336 g/mol. The summed E-state index contributed by atoms with van der Waals surface area (Å²) in [5, 5.41) is 13.0. The summed E-state index contributed by atoms with van der Waals surface area (Å²) >= 11 is 3.45. The average Bonchev–Trinajstić information content (AvgIpc) is 3.14. The largest absolute Gasteiger partial charge is 0.467 e. The molecule has 0 radical (unpaired) electrons. The van der Waals surface area contributed by atoms with E-state index in [1.54, 1.807) is 18.3 Å². The molecule has 0 saturated heterocycles. The summed E-state index contributed by atoms with van der Waals surface area (Å²) < 4.78 is 6.06. The Kier molecular flexibility index (Phi) is 3.81. The molecule has 0 aliphatic heterocycles. The fraction of sp³-hybridized carbons (Fsp3) is 0.133. The second-order valence-electron chi connectivity index (χ2n) is 4.59. The summed E-state index contributed by atoms with van der Waals surface area (Å²) in [6, 6.07) is 8.53. The van der Waals surface area contributed by atoms with Gasteiger partial charge in [0.1, 0.15) is 11.8 Å². The summed E-state index contributed by atoms with van der Waals surface area (Å²) in [5.74, 6) is 0.244. The van der Waals surface area contributed by atoms with Crippen LogP contribution in [0.3, 0.4) is 0 Å². The molecule has 108 valence electrons. The van der Waals surface area contributed by atoms with Crippen molar-refractivity contribution in [1.82, 2.24) is 10.3 Å². The van der Waals surface area contributed by atoms with E-state index >= 15 is 0 Å². The number of aliphatic hydroxyl groups is 1. The number of rotatable bonds is 4. The number of H-pyrrole nitrogens is 1. The second kappa shape index (κ2) is 5.75. The third-order valence-corrected chi connectivity index (χ3v) is 3.93. The lowest BCUT2D eigenvalue weighted by Crippen LogP contribution is -2.30. The molecule has 2 aromatic heterocycles. The molecule has 0 spiro atoms. The van der Waals surface area contributed by atoms with E-state index in [-0.39, 0.29) is 12.5 Å². The van der Waals surface area contributed by atoms with Crippen molar-refractivity contribution in [2.24, 2.45) is 0 Å². The SMILES string of the molecule is O=C(NC(CO)c1ccco1)c1c[nH]c2cccc(Br)c12. The van der Waals surface area contributed by atoms with Crippen LogP contribution in [0.25, 0.3) is 10.9 Å². The highest BCUT2D eigenvalue weighted by Crippen LogP contribution is 2.27. The molecule has 0 aliphatic rings. The molecule has 0 bridgehead atoms. The molecular formula is C15H13BrN2O3. The van der Waals surface area contributed by atoms with Crippen molar-refractivity contribution in [2.75, 3.05) is 6.61 Å². The van der Waals surface area contributed by atoms with Crippen molar-refractivity contribution in [2.45, 2.75) is 6.04 Å². The maximum Gasteiger partial charge on any atom is 0.254 e. The molecule has 3 aromatic rings. The van der Waals surface area contributed by atoms with Gasteiger partial charge in [-0.2, -0.15) is 0 Å². The van der Waals surface area contributed by atoms with Crippen molar-refractivity contribution < 1.29 is 14.3 Å². The number of aromatic nitrogens is 1. The van der Waals surface area contributed by atoms with Crippen LogP contribution in [-0.2, 0) is 0 Å². The standard InChI is InChI=1S/C15H13BrN2O3/c16-10-3-1-4-11-14(10)9(7-17-11)15(20)18-12(8-19)13-5-2-6-21-13/h1-7,12,17,19H,8H2,(H,18,20). The fourth-order valence-corrected chi connectivity index (χ4v) is 2.83. The molecule has 1 unspecified atom stereocenters. The highest BCUT2D eigenvalue weighted by molar-refractivity contribution is 9.10. The van der Waals surface area contributed by atoms with Crippen molar-refractivity contribution >= 4 is 32.7 Å². The van der Waals surface area contributed by atoms with E-state index in [1.807, 2.05) is 18.2 Å². The van der Waals surface area contributed by atoms with Crippen molar-refractivity contribution in [1.29, 1.82) is 0 Å². The maximum atomic E-state index is 12.4. The first-order valence-corrected chi connectivity index (χ1v) is 7.20. The van der Waals surface area contributed by atoms with Gasteiger partial charge >= 0.3 is 0 Å². The molecule has 5 nitrogen and oxygen atoms in total. The summed E-state index contributed by atoms with van der Waals surface area (Å²) in [7, 11) is 0. The summed E-state index contributed by atoms with van der Waals surface area (Å²) in [6.45, 7) is -0.233. The van der Waals surface area contributed by atoms with Gasteiger partial charge in [0, 0.05) is 21.6 Å². The minimum Gasteiger partial charge on any atom is -0.467 e. The summed E-state index contributed by atoms with van der Waals surface area (Å²) in [6.07, 6.45) is 3.16. The van der Waals surface area contributed by atoms with E-state index in [9.17, 15) is 9.90 Å². The molecule has 0 saturated carbocycles. The number of nitrogens with one attached hydrogen (secondary N) is 2. The predicted molar refractivity (Wildman–Crippen MR) is 82.0 cm³/mol. The van der Waals surface area contributed by atoms with Gasteiger partial charge < -0.3 is 19.8 Å². The zero-order chi connectivity index (χ0) is 14.8. The zero-order valence-electron chi connectivity index (χ0n) is 11.0. The Hall–Kier alpha value is -2.05. The van der Waals surface area contributed by atoms with Gasteiger partial charge in [0.05, 0.1) is 18.4 Å². The third-order valence-electron chi connectivity index (χ3n) is 3.27. The van der Waals surface area contributed by atoms with E-state index in [2.05, 4.69) is 26.2 Å². The Morgan fingerprint density at radius 3 is 2.95 bits per heavy atom. The van der Waals surface area contributed by atoms with Gasteiger partial charge in [0.2, 0.25) is 0 Å². The lowest BCUT2D eigenvalue weighted by atomic mass is 10.1. The Bertz CT molecular complexity index is 764. The minimum atomic E-state index is -0.570. The highest BCUT2D eigenvalue weighted by atomic mass is 79.9. The molecule has 1 aromatic carbocycles. The number of aliphatic hydroxyl groups excluding tert-OH is 1. The monoisotopic (exact) mass is 348 g/mol. The molecule has 3 N–H and O–H groups in total. The van der Waals surface area contributed by atoms with E-state index in [0.29, 0.717) is 11.3 Å². The van der Waals surface area contributed by atoms with E-state index in [1.165, 1.54) is 6.26 Å². The Morgan fingerprint density at radius 1 is 1.38 bits per heavy atom. The molecule has 1 amide bonds. The number of halogens is 1.